The lowest BCUT2D eigenvalue weighted by Crippen LogP contribution is -2.18. The molecular formula is C16H17BrN2O2. The largest absolute Gasteiger partial charge is 0.383 e. The number of ketones is 1. The van der Waals surface area contributed by atoms with Crippen LogP contribution in [-0.4, -0.2) is 29.3 Å². The molecule has 1 heterocycles. The fraction of sp³-hybridized carbons (Fsp3) is 0.375. The summed E-state index contributed by atoms with van der Waals surface area (Å²) in [5, 5.41) is 4.27. The van der Waals surface area contributed by atoms with Crippen LogP contribution in [0.2, 0.25) is 0 Å². The highest BCUT2D eigenvalue weighted by atomic mass is 79.9. The summed E-state index contributed by atoms with van der Waals surface area (Å²) in [6.45, 7) is 1.12. The highest BCUT2D eigenvalue weighted by molar-refractivity contribution is 9.10. The lowest BCUT2D eigenvalue weighted by atomic mass is 9.95. The molecule has 2 aromatic rings. The zero-order chi connectivity index (χ0) is 14.8. The Balaban J connectivity index is 1.91. The van der Waals surface area contributed by atoms with Gasteiger partial charge in [-0.1, -0.05) is 24.3 Å². The molecule has 0 spiro atoms. The summed E-state index contributed by atoms with van der Waals surface area (Å²) in [5.74, 6) is 0.0796. The van der Waals surface area contributed by atoms with E-state index in [2.05, 4.69) is 33.2 Å². The summed E-state index contributed by atoms with van der Waals surface area (Å²) in [5.41, 5.74) is 3.09. The molecule has 0 fully saturated rings. The van der Waals surface area contributed by atoms with Crippen molar-refractivity contribution in [1.29, 1.82) is 0 Å². The zero-order valence-electron chi connectivity index (χ0n) is 11.9. The minimum atomic E-state index is -0.0597. The number of rotatable bonds is 5. The van der Waals surface area contributed by atoms with Gasteiger partial charge in [-0.05, 0) is 39.9 Å². The van der Waals surface area contributed by atoms with Crippen LogP contribution >= 0.6 is 15.9 Å². The molecular weight excluding hydrogens is 332 g/mol. The Labute approximate surface area is 132 Å². The highest BCUT2D eigenvalue weighted by Crippen LogP contribution is 2.36. The van der Waals surface area contributed by atoms with E-state index >= 15 is 0 Å². The first-order chi connectivity index (χ1) is 10.2. The number of aromatic nitrogens is 2. The number of hydrogen-bond donors (Lipinski definition) is 0. The van der Waals surface area contributed by atoms with Crippen molar-refractivity contribution in [3.05, 3.63) is 51.8 Å². The molecule has 0 N–H and O–H groups in total. The van der Waals surface area contributed by atoms with Crippen LogP contribution in [0.5, 0.6) is 0 Å². The van der Waals surface area contributed by atoms with Gasteiger partial charge in [-0.25, -0.2) is 0 Å². The number of nitrogens with zero attached hydrogens (tertiary/aromatic N) is 2. The smallest absolute Gasteiger partial charge is 0.189 e. The van der Waals surface area contributed by atoms with Crippen molar-refractivity contribution in [1.82, 2.24) is 9.78 Å². The predicted molar refractivity (Wildman–Crippen MR) is 83.6 cm³/mol. The number of ether oxygens (including phenoxy) is 1. The Morgan fingerprint density at radius 2 is 2.29 bits per heavy atom. The molecule has 1 aliphatic rings. The topological polar surface area (TPSA) is 44.1 Å². The summed E-state index contributed by atoms with van der Waals surface area (Å²) in [6.07, 6.45) is 3.53. The van der Waals surface area contributed by atoms with Crippen LogP contribution in [-0.2, 0) is 17.7 Å². The fourth-order valence-electron chi connectivity index (χ4n) is 2.95. The first kappa shape index (κ1) is 14.5. The van der Waals surface area contributed by atoms with Crippen LogP contribution in [0.4, 0.5) is 0 Å². The third kappa shape index (κ3) is 2.68. The van der Waals surface area contributed by atoms with Gasteiger partial charge < -0.3 is 4.74 Å². The number of Topliss-reactive ketones (excluding diaryl/α,β-unsaturated/α-hetero) is 1. The van der Waals surface area contributed by atoms with Crippen molar-refractivity contribution in [2.75, 3.05) is 13.7 Å². The molecule has 0 saturated carbocycles. The quantitative estimate of drug-likeness (QED) is 0.779. The number of fused-ring (bicyclic) bond motifs is 1. The van der Waals surface area contributed by atoms with Crippen LogP contribution in [0.25, 0.3) is 0 Å². The normalized spacial score (nSPS) is 17.0. The Bertz CT molecular complexity index is 666. The highest BCUT2D eigenvalue weighted by Gasteiger charge is 2.32. The maximum absolute atomic E-state index is 12.9. The number of carbonyl (C=O) groups excluding carboxylic acids is 1. The van der Waals surface area contributed by atoms with E-state index in [1.165, 1.54) is 5.56 Å². The van der Waals surface area contributed by atoms with Gasteiger partial charge in [0, 0.05) is 13.0 Å². The number of aryl methyl sites for hydroxylation is 1. The van der Waals surface area contributed by atoms with Crippen LogP contribution in [0, 0.1) is 0 Å². The van der Waals surface area contributed by atoms with Crippen molar-refractivity contribution >= 4 is 21.7 Å². The van der Waals surface area contributed by atoms with E-state index < -0.39 is 0 Å². The molecule has 5 heteroatoms. The summed E-state index contributed by atoms with van der Waals surface area (Å²) in [4.78, 5) is 12.9. The van der Waals surface area contributed by atoms with Crippen molar-refractivity contribution in [3.8, 4) is 0 Å². The van der Waals surface area contributed by atoms with Gasteiger partial charge in [0.05, 0.1) is 23.8 Å². The second-order valence-electron chi connectivity index (χ2n) is 5.21. The van der Waals surface area contributed by atoms with Crippen LogP contribution < -0.4 is 0 Å². The number of hydrogen-bond acceptors (Lipinski definition) is 3. The molecule has 3 rings (SSSR count). The molecule has 0 saturated heterocycles. The third-order valence-electron chi connectivity index (χ3n) is 3.98. The monoisotopic (exact) mass is 348 g/mol. The van der Waals surface area contributed by atoms with Crippen molar-refractivity contribution in [3.63, 3.8) is 0 Å². The molecule has 0 bridgehead atoms. The number of benzene rings is 1. The Kier molecular flexibility index (Phi) is 4.22. The minimum absolute atomic E-state index is 0.0597. The second-order valence-corrected chi connectivity index (χ2v) is 6.07. The summed E-state index contributed by atoms with van der Waals surface area (Å²) in [7, 11) is 1.65. The molecule has 110 valence electrons. The summed E-state index contributed by atoms with van der Waals surface area (Å²) < 4.78 is 7.57. The van der Waals surface area contributed by atoms with Gasteiger partial charge in [-0.3, -0.25) is 9.48 Å². The SMILES string of the molecule is COCCn1ncc(Br)c1C(=O)C1CCc2ccccc21. The molecule has 1 atom stereocenters. The lowest BCUT2D eigenvalue weighted by Gasteiger charge is -2.13. The van der Waals surface area contributed by atoms with E-state index in [1.54, 1.807) is 18.0 Å². The standard InChI is InChI=1S/C16H17BrN2O2/c1-21-9-8-19-15(14(17)10-18-19)16(20)13-7-6-11-4-2-3-5-12(11)13/h2-5,10,13H,6-9H2,1H3. The molecule has 0 aliphatic heterocycles. The fourth-order valence-corrected chi connectivity index (χ4v) is 3.44. The predicted octanol–water partition coefficient (Wildman–Crippen LogP) is 3.20. The van der Waals surface area contributed by atoms with Gasteiger partial charge in [0.15, 0.2) is 5.78 Å². The average Bonchev–Trinajstić information content (AvgIpc) is 3.08. The number of methoxy groups -OCH3 is 1. The molecule has 21 heavy (non-hydrogen) atoms. The molecule has 1 aromatic carbocycles. The second kappa shape index (κ2) is 6.12. The van der Waals surface area contributed by atoms with Gasteiger partial charge in [0.25, 0.3) is 0 Å². The van der Waals surface area contributed by atoms with Crippen LogP contribution in [0.15, 0.2) is 34.9 Å². The minimum Gasteiger partial charge on any atom is -0.383 e. The van der Waals surface area contributed by atoms with Crippen LogP contribution in [0.1, 0.15) is 34.0 Å². The summed E-state index contributed by atoms with van der Waals surface area (Å²) >= 11 is 3.45. The maximum atomic E-state index is 12.9. The first-order valence-electron chi connectivity index (χ1n) is 7.04. The van der Waals surface area contributed by atoms with Gasteiger partial charge in [0.2, 0.25) is 0 Å². The number of carbonyl (C=O) groups is 1. The van der Waals surface area contributed by atoms with E-state index in [1.807, 2.05) is 12.1 Å². The molecule has 1 aliphatic carbocycles. The maximum Gasteiger partial charge on any atom is 0.189 e. The van der Waals surface area contributed by atoms with Crippen molar-refractivity contribution in [2.24, 2.45) is 0 Å². The van der Waals surface area contributed by atoms with Crippen molar-refractivity contribution in [2.45, 2.75) is 25.3 Å². The van der Waals surface area contributed by atoms with Gasteiger partial charge >= 0.3 is 0 Å². The van der Waals surface area contributed by atoms with E-state index in [9.17, 15) is 4.79 Å². The third-order valence-corrected chi connectivity index (χ3v) is 4.57. The van der Waals surface area contributed by atoms with E-state index in [0.717, 1.165) is 22.9 Å². The lowest BCUT2D eigenvalue weighted by molar-refractivity contribution is 0.0944. The molecule has 0 amide bonds. The van der Waals surface area contributed by atoms with E-state index in [-0.39, 0.29) is 11.7 Å². The van der Waals surface area contributed by atoms with Gasteiger partial charge in [-0.15, -0.1) is 0 Å². The molecule has 4 nitrogen and oxygen atoms in total. The van der Waals surface area contributed by atoms with Gasteiger partial charge in [-0.2, -0.15) is 5.10 Å². The Morgan fingerprint density at radius 1 is 1.48 bits per heavy atom. The molecule has 1 unspecified atom stereocenters. The Hall–Kier alpha value is -1.46. The molecule has 1 aromatic heterocycles. The summed E-state index contributed by atoms with van der Waals surface area (Å²) in [6, 6.07) is 8.21. The van der Waals surface area contributed by atoms with Crippen molar-refractivity contribution < 1.29 is 9.53 Å². The Morgan fingerprint density at radius 3 is 3.10 bits per heavy atom. The zero-order valence-corrected chi connectivity index (χ0v) is 13.5. The number of halogens is 1. The molecule has 0 radical (unpaired) electrons. The van der Waals surface area contributed by atoms with Gasteiger partial charge in [0.1, 0.15) is 5.69 Å². The van der Waals surface area contributed by atoms with E-state index in [4.69, 9.17) is 4.74 Å². The first-order valence-corrected chi connectivity index (χ1v) is 7.84. The average molecular weight is 349 g/mol. The van der Waals surface area contributed by atoms with E-state index in [0.29, 0.717) is 18.8 Å². The van der Waals surface area contributed by atoms with Crippen LogP contribution in [0.3, 0.4) is 0 Å².